The van der Waals surface area contributed by atoms with Gasteiger partial charge >= 0.3 is 0 Å². The first kappa shape index (κ1) is 15.8. The lowest BCUT2D eigenvalue weighted by Crippen LogP contribution is -2.06. The number of ether oxygens (including phenoxy) is 1. The lowest BCUT2D eigenvalue weighted by molar-refractivity contribution is 0.0991. The number of Topliss-reactive ketones (excluding diaryl/α,β-unsaturated/α-hetero) is 1. The quantitative estimate of drug-likeness (QED) is 0.671. The SMILES string of the molecule is Cc1ccc(CC(=O)c2cc(C)cc(Oc3cncnc3)c2)nc1. The normalized spacial score (nSPS) is 10.4. The van der Waals surface area contributed by atoms with Crippen LogP contribution in [0.3, 0.4) is 0 Å². The van der Waals surface area contributed by atoms with Gasteiger partial charge in [-0.3, -0.25) is 9.78 Å². The molecule has 3 rings (SSSR count). The Morgan fingerprint density at radius 2 is 1.75 bits per heavy atom. The van der Waals surface area contributed by atoms with Gasteiger partial charge in [-0.15, -0.1) is 0 Å². The second-order valence-corrected chi connectivity index (χ2v) is 5.64. The summed E-state index contributed by atoms with van der Waals surface area (Å²) in [6, 6.07) is 9.28. The lowest BCUT2D eigenvalue weighted by Gasteiger charge is -2.08. The van der Waals surface area contributed by atoms with Gasteiger partial charge in [0.1, 0.15) is 12.1 Å². The number of carbonyl (C=O) groups is 1. The highest BCUT2D eigenvalue weighted by molar-refractivity contribution is 5.97. The summed E-state index contributed by atoms with van der Waals surface area (Å²) in [4.78, 5) is 24.6. The maximum absolute atomic E-state index is 12.5. The molecule has 0 radical (unpaired) electrons. The molecule has 120 valence electrons. The largest absolute Gasteiger partial charge is 0.454 e. The average molecular weight is 319 g/mol. The van der Waals surface area contributed by atoms with E-state index in [0.29, 0.717) is 17.1 Å². The molecule has 0 saturated carbocycles. The van der Waals surface area contributed by atoms with Gasteiger partial charge in [-0.2, -0.15) is 0 Å². The van der Waals surface area contributed by atoms with Crippen LogP contribution in [0.5, 0.6) is 11.5 Å². The number of carbonyl (C=O) groups excluding carboxylic acids is 1. The zero-order valence-electron chi connectivity index (χ0n) is 13.6. The van der Waals surface area contributed by atoms with Gasteiger partial charge in [0.25, 0.3) is 0 Å². The van der Waals surface area contributed by atoms with Gasteiger partial charge in [-0.25, -0.2) is 9.97 Å². The summed E-state index contributed by atoms with van der Waals surface area (Å²) < 4.78 is 5.72. The molecule has 0 aliphatic carbocycles. The van der Waals surface area contributed by atoms with E-state index in [-0.39, 0.29) is 12.2 Å². The Labute approximate surface area is 140 Å². The van der Waals surface area contributed by atoms with Crippen LogP contribution in [0, 0.1) is 13.8 Å². The molecule has 0 aliphatic rings. The Kier molecular flexibility index (Phi) is 4.61. The van der Waals surface area contributed by atoms with E-state index < -0.39 is 0 Å². The van der Waals surface area contributed by atoms with E-state index in [1.807, 2.05) is 38.1 Å². The zero-order chi connectivity index (χ0) is 16.9. The highest BCUT2D eigenvalue weighted by Gasteiger charge is 2.11. The van der Waals surface area contributed by atoms with E-state index >= 15 is 0 Å². The molecule has 0 fully saturated rings. The van der Waals surface area contributed by atoms with Crippen molar-refractivity contribution in [3.8, 4) is 11.5 Å². The van der Waals surface area contributed by atoms with Crippen molar-refractivity contribution >= 4 is 5.78 Å². The maximum Gasteiger partial charge on any atom is 0.168 e. The number of benzene rings is 1. The van der Waals surface area contributed by atoms with Crippen LogP contribution in [-0.2, 0) is 6.42 Å². The van der Waals surface area contributed by atoms with Crippen LogP contribution in [0.1, 0.15) is 27.2 Å². The van der Waals surface area contributed by atoms with Gasteiger partial charge in [-0.1, -0.05) is 6.07 Å². The Morgan fingerprint density at radius 1 is 0.958 bits per heavy atom. The smallest absolute Gasteiger partial charge is 0.168 e. The van der Waals surface area contributed by atoms with Crippen molar-refractivity contribution in [2.24, 2.45) is 0 Å². The van der Waals surface area contributed by atoms with E-state index in [0.717, 1.165) is 16.8 Å². The molecule has 2 heterocycles. The summed E-state index contributed by atoms with van der Waals surface area (Å²) in [5, 5.41) is 0. The Balaban J connectivity index is 1.80. The van der Waals surface area contributed by atoms with Crippen molar-refractivity contribution in [2.75, 3.05) is 0 Å². The Hall–Kier alpha value is -3.08. The molecule has 0 N–H and O–H groups in total. The number of pyridine rings is 1. The monoisotopic (exact) mass is 319 g/mol. The molecular weight excluding hydrogens is 302 g/mol. The predicted octanol–water partition coefficient (Wildman–Crippen LogP) is 3.71. The summed E-state index contributed by atoms with van der Waals surface area (Å²) in [5.74, 6) is 1.12. The molecule has 0 bridgehead atoms. The second-order valence-electron chi connectivity index (χ2n) is 5.64. The summed E-state index contributed by atoms with van der Waals surface area (Å²) in [6.07, 6.45) is 6.62. The predicted molar refractivity (Wildman–Crippen MR) is 90.3 cm³/mol. The van der Waals surface area contributed by atoms with Gasteiger partial charge in [0, 0.05) is 17.5 Å². The third-order valence-electron chi connectivity index (χ3n) is 3.46. The Morgan fingerprint density at radius 3 is 2.46 bits per heavy atom. The Bertz CT molecular complexity index is 846. The molecule has 0 saturated heterocycles. The summed E-state index contributed by atoms with van der Waals surface area (Å²) in [7, 11) is 0. The molecule has 5 heteroatoms. The minimum atomic E-state index is 0.00390. The molecule has 2 aromatic heterocycles. The van der Waals surface area contributed by atoms with Crippen molar-refractivity contribution in [1.29, 1.82) is 0 Å². The van der Waals surface area contributed by atoms with Crippen LogP contribution in [-0.4, -0.2) is 20.7 Å². The molecule has 3 aromatic rings. The van der Waals surface area contributed by atoms with Crippen molar-refractivity contribution < 1.29 is 9.53 Å². The average Bonchev–Trinajstić information content (AvgIpc) is 2.57. The molecule has 0 unspecified atom stereocenters. The molecule has 0 amide bonds. The van der Waals surface area contributed by atoms with Gasteiger partial charge in [0.2, 0.25) is 0 Å². The third kappa shape index (κ3) is 4.01. The van der Waals surface area contributed by atoms with Crippen LogP contribution >= 0.6 is 0 Å². The number of ketones is 1. The van der Waals surface area contributed by atoms with Crippen LogP contribution in [0.2, 0.25) is 0 Å². The first-order valence-electron chi connectivity index (χ1n) is 7.59. The van der Waals surface area contributed by atoms with Gasteiger partial charge in [-0.05, 0) is 49.2 Å². The third-order valence-corrected chi connectivity index (χ3v) is 3.46. The van der Waals surface area contributed by atoms with Gasteiger partial charge in [0.05, 0.1) is 18.8 Å². The number of aromatic nitrogens is 3. The van der Waals surface area contributed by atoms with Crippen molar-refractivity contribution in [3.05, 3.63) is 77.6 Å². The van der Waals surface area contributed by atoms with Crippen molar-refractivity contribution in [3.63, 3.8) is 0 Å². The number of hydrogen-bond donors (Lipinski definition) is 0. The van der Waals surface area contributed by atoms with Crippen molar-refractivity contribution in [2.45, 2.75) is 20.3 Å². The van der Waals surface area contributed by atoms with Crippen LogP contribution < -0.4 is 4.74 Å². The van der Waals surface area contributed by atoms with Gasteiger partial charge in [0.15, 0.2) is 11.5 Å². The van der Waals surface area contributed by atoms with E-state index in [2.05, 4.69) is 15.0 Å². The van der Waals surface area contributed by atoms with Crippen molar-refractivity contribution in [1.82, 2.24) is 15.0 Å². The molecule has 24 heavy (non-hydrogen) atoms. The number of nitrogens with zero attached hydrogens (tertiary/aromatic N) is 3. The number of hydrogen-bond acceptors (Lipinski definition) is 5. The highest BCUT2D eigenvalue weighted by atomic mass is 16.5. The molecule has 5 nitrogen and oxygen atoms in total. The van der Waals surface area contributed by atoms with Crippen LogP contribution in [0.25, 0.3) is 0 Å². The van der Waals surface area contributed by atoms with Gasteiger partial charge < -0.3 is 4.74 Å². The fourth-order valence-electron chi connectivity index (χ4n) is 2.31. The fraction of sp³-hybridized carbons (Fsp3) is 0.158. The topological polar surface area (TPSA) is 65.0 Å². The molecular formula is C19H17N3O2. The first-order chi connectivity index (χ1) is 11.6. The van der Waals surface area contributed by atoms with E-state index in [1.165, 1.54) is 6.33 Å². The number of rotatable bonds is 5. The lowest BCUT2D eigenvalue weighted by atomic mass is 10.0. The molecule has 0 spiro atoms. The number of aryl methyl sites for hydroxylation is 2. The first-order valence-corrected chi connectivity index (χ1v) is 7.59. The minimum absolute atomic E-state index is 0.00390. The molecule has 1 aromatic carbocycles. The standard InChI is InChI=1S/C19H17N3O2/c1-13-3-4-16(22-9-13)8-19(23)15-5-14(2)6-17(7-15)24-18-10-20-12-21-11-18/h3-7,9-12H,8H2,1-2H3. The summed E-state index contributed by atoms with van der Waals surface area (Å²) in [5.41, 5.74) is 3.38. The van der Waals surface area contributed by atoms with E-state index in [1.54, 1.807) is 24.7 Å². The highest BCUT2D eigenvalue weighted by Crippen LogP contribution is 2.23. The minimum Gasteiger partial charge on any atom is -0.454 e. The van der Waals surface area contributed by atoms with E-state index in [4.69, 9.17) is 4.74 Å². The van der Waals surface area contributed by atoms with Crippen LogP contribution in [0.15, 0.2) is 55.2 Å². The maximum atomic E-state index is 12.5. The molecule has 0 aliphatic heterocycles. The fourth-order valence-corrected chi connectivity index (χ4v) is 2.31. The van der Waals surface area contributed by atoms with E-state index in [9.17, 15) is 4.79 Å². The second kappa shape index (κ2) is 7.00. The zero-order valence-corrected chi connectivity index (χ0v) is 13.6. The summed E-state index contributed by atoms with van der Waals surface area (Å²) in [6.45, 7) is 3.89. The summed E-state index contributed by atoms with van der Waals surface area (Å²) >= 11 is 0. The van der Waals surface area contributed by atoms with Crippen LogP contribution in [0.4, 0.5) is 0 Å². The molecule has 0 atom stereocenters.